The van der Waals surface area contributed by atoms with Crippen LogP contribution in [0.3, 0.4) is 0 Å². The standard InChI is InChI=1S/C16H25NO2/c1-11(2)14(13-9-7-6-8-10-13)17-15(12(3)4)16(18)19-5/h6-12,14-15,17H,1-5H3/t14-,15-/m0/s1. The zero-order valence-electron chi connectivity index (χ0n) is 12.5. The number of hydrogen-bond acceptors (Lipinski definition) is 3. The molecule has 0 saturated heterocycles. The summed E-state index contributed by atoms with van der Waals surface area (Å²) in [5, 5.41) is 3.45. The molecule has 1 rings (SSSR count). The third-order valence-electron chi connectivity index (χ3n) is 3.31. The fraction of sp³-hybridized carbons (Fsp3) is 0.562. The Morgan fingerprint density at radius 1 is 1.05 bits per heavy atom. The predicted molar refractivity (Wildman–Crippen MR) is 77.8 cm³/mol. The van der Waals surface area contributed by atoms with Gasteiger partial charge >= 0.3 is 5.97 Å². The van der Waals surface area contributed by atoms with Crippen LogP contribution in [0, 0.1) is 11.8 Å². The highest BCUT2D eigenvalue weighted by Crippen LogP contribution is 2.23. The molecule has 0 heterocycles. The van der Waals surface area contributed by atoms with E-state index >= 15 is 0 Å². The number of nitrogens with one attached hydrogen (secondary N) is 1. The van der Waals surface area contributed by atoms with Gasteiger partial charge in [0.25, 0.3) is 0 Å². The number of carbonyl (C=O) groups excluding carboxylic acids is 1. The van der Waals surface area contributed by atoms with Crippen LogP contribution in [0.15, 0.2) is 30.3 Å². The van der Waals surface area contributed by atoms with Crippen LogP contribution in [-0.2, 0) is 9.53 Å². The lowest BCUT2D eigenvalue weighted by Crippen LogP contribution is -2.45. The first-order valence-electron chi connectivity index (χ1n) is 6.86. The van der Waals surface area contributed by atoms with Crippen molar-refractivity contribution >= 4 is 5.97 Å². The molecule has 0 aliphatic carbocycles. The highest BCUT2D eigenvalue weighted by Gasteiger charge is 2.27. The van der Waals surface area contributed by atoms with Crippen LogP contribution in [0.1, 0.15) is 39.3 Å². The van der Waals surface area contributed by atoms with E-state index in [-0.39, 0.29) is 24.0 Å². The van der Waals surface area contributed by atoms with Gasteiger partial charge in [-0.15, -0.1) is 0 Å². The summed E-state index contributed by atoms with van der Waals surface area (Å²) in [5.74, 6) is 0.391. The molecule has 0 unspecified atom stereocenters. The van der Waals surface area contributed by atoms with Crippen LogP contribution >= 0.6 is 0 Å². The normalized spacial score (nSPS) is 14.5. The number of esters is 1. The van der Waals surface area contributed by atoms with Gasteiger partial charge in [0.15, 0.2) is 0 Å². The summed E-state index contributed by atoms with van der Waals surface area (Å²) in [4.78, 5) is 11.9. The Kier molecular flexibility index (Phi) is 6.03. The van der Waals surface area contributed by atoms with Crippen LogP contribution in [0.25, 0.3) is 0 Å². The Morgan fingerprint density at radius 2 is 1.63 bits per heavy atom. The molecule has 2 atom stereocenters. The van der Waals surface area contributed by atoms with Gasteiger partial charge in [-0.05, 0) is 17.4 Å². The SMILES string of the molecule is COC(=O)[C@@H](N[C@H](c1ccccc1)C(C)C)C(C)C. The average molecular weight is 263 g/mol. The second kappa shape index (κ2) is 7.29. The Morgan fingerprint density at radius 3 is 2.05 bits per heavy atom. The molecule has 1 N–H and O–H groups in total. The number of carbonyl (C=O) groups is 1. The summed E-state index contributed by atoms with van der Waals surface area (Å²) in [6, 6.07) is 10.1. The largest absolute Gasteiger partial charge is 0.468 e. The van der Waals surface area contributed by atoms with Gasteiger partial charge < -0.3 is 4.74 Å². The average Bonchev–Trinajstić information content (AvgIpc) is 2.39. The van der Waals surface area contributed by atoms with E-state index in [4.69, 9.17) is 4.74 Å². The molecule has 0 aliphatic rings. The lowest BCUT2D eigenvalue weighted by Gasteiger charge is -2.29. The van der Waals surface area contributed by atoms with E-state index in [0.717, 1.165) is 0 Å². The first-order valence-corrected chi connectivity index (χ1v) is 6.86. The van der Waals surface area contributed by atoms with E-state index in [0.29, 0.717) is 5.92 Å². The molecule has 0 bridgehead atoms. The number of benzene rings is 1. The molecule has 0 spiro atoms. The minimum atomic E-state index is -0.280. The maximum Gasteiger partial charge on any atom is 0.323 e. The minimum Gasteiger partial charge on any atom is -0.468 e. The molecule has 106 valence electrons. The van der Waals surface area contributed by atoms with E-state index in [1.807, 2.05) is 32.0 Å². The van der Waals surface area contributed by atoms with Gasteiger partial charge in [0.2, 0.25) is 0 Å². The van der Waals surface area contributed by atoms with Crippen LogP contribution in [-0.4, -0.2) is 19.1 Å². The Hall–Kier alpha value is -1.35. The minimum absolute atomic E-state index is 0.146. The van der Waals surface area contributed by atoms with Crippen molar-refractivity contribution in [2.24, 2.45) is 11.8 Å². The lowest BCUT2D eigenvalue weighted by atomic mass is 9.93. The van der Waals surface area contributed by atoms with Crippen LogP contribution < -0.4 is 5.32 Å². The van der Waals surface area contributed by atoms with Gasteiger partial charge in [-0.2, -0.15) is 0 Å². The molecule has 0 aliphatic heterocycles. The van der Waals surface area contributed by atoms with Crippen molar-refractivity contribution < 1.29 is 9.53 Å². The van der Waals surface area contributed by atoms with Gasteiger partial charge in [0.1, 0.15) is 6.04 Å². The third-order valence-corrected chi connectivity index (χ3v) is 3.31. The van der Waals surface area contributed by atoms with Crippen molar-refractivity contribution in [2.45, 2.75) is 39.8 Å². The Labute approximate surface area is 116 Å². The predicted octanol–water partition coefficient (Wildman–Crippen LogP) is 3.17. The summed E-state index contributed by atoms with van der Waals surface area (Å²) in [6.07, 6.45) is 0. The van der Waals surface area contributed by atoms with E-state index in [1.54, 1.807) is 0 Å². The Balaban J connectivity index is 2.92. The number of ether oxygens (including phenoxy) is 1. The summed E-state index contributed by atoms with van der Waals surface area (Å²) < 4.78 is 4.89. The van der Waals surface area contributed by atoms with Gasteiger partial charge in [0.05, 0.1) is 7.11 Å². The first-order chi connectivity index (χ1) is 8.97. The van der Waals surface area contributed by atoms with E-state index in [2.05, 4.69) is 31.3 Å². The number of rotatable bonds is 6. The van der Waals surface area contributed by atoms with Crippen molar-refractivity contribution in [1.82, 2.24) is 5.32 Å². The van der Waals surface area contributed by atoms with Crippen molar-refractivity contribution in [3.8, 4) is 0 Å². The monoisotopic (exact) mass is 263 g/mol. The molecule has 3 nitrogen and oxygen atoms in total. The summed E-state index contributed by atoms with van der Waals surface area (Å²) in [6.45, 7) is 8.35. The maximum atomic E-state index is 11.9. The first kappa shape index (κ1) is 15.7. The molecule has 0 saturated carbocycles. The van der Waals surface area contributed by atoms with Gasteiger partial charge in [-0.1, -0.05) is 58.0 Å². The molecule has 1 aromatic carbocycles. The fourth-order valence-corrected chi connectivity index (χ4v) is 2.19. The van der Waals surface area contributed by atoms with E-state index in [9.17, 15) is 4.79 Å². The fourth-order valence-electron chi connectivity index (χ4n) is 2.19. The number of methoxy groups -OCH3 is 1. The molecule has 1 aromatic rings. The van der Waals surface area contributed by atoms with Crippen molar-refractivity contribution in [1.29, 1.82) is 0 Å². The van der Waals surface area contributed by atoms with Crippen LogP contribution in [0.5, 0.6) is 0 Å². The van der Waals surface area contributed by atoms with Gasteiger partial charge in [-0.25, -0.2) is 0 Å². The molecule has 0 amide bonds. The quantitative estimate of drug-likeness (QED) is 0.801. The van der Waals surface area contributed by atoms with E-state index in [1.165, 1.54) is 12.7 Å². The van der Waals surface area contributed by atoms with Crippen molar-refractivity contribution in [3.63, 3.8) is 0 Å². The molecule has 0 radical (unpaired) electrons. The van der Waals surface area contributed by atoms with Gasteiger partial charge in [0, 0.05) is 6.04 Å². The topological polar surface area (TPSA) is 38.3 Å². The Bertz CT molecular complexity index is 387. The molecular formula is C16H25NO2. The summed E-state index contributed by atoms with van der Waals surface area (Å²) >= 11 is 0. The maximum absolute atomic E-state index is 11.9. The molecule has 0 fully saturated rings. The van der Waals surface area contributed by atoms with Gasteiger partial charge in [-0.3, -0.25) is 10.1 Å². The second-order valence-corrected chi connectivity index (χ2v) is 5.54. The summed E-state index contributed by atoms with van der Waals surface area (Å²) in [7, 11) is 1.44. The third kappa shape index (κ3) is 4.35. The van der Waals surface area contributed by atoms with Crippen molar-refractivity contribution in [2.75, 3.05) is 7.11 Å². The van der Waals surface area contributed by atoms with E-state index < -0.39 is 0 Å². The molecular weight excluding hydrogens is 238 g/mol. The molecule has 0 aromatic heterocycles. The highest BCUT2D eigenvalue weighted by atomic mass is 16.5. The van der Waals surface area contributed by atoms with Crippen molar-refractivity contribution in [3.05, 3.63) is 35.9 Å². The molecule has 3 heteroatoms. The summed E-state index contributed by atoms with van der Waals surface area (Å²) in [5.41, 5.74) is 1.20. The number of hydrogen-bond donors (Lipinski definition) is 1. The molecule has 19 heavy (non-hydrogen) atoms. The smallest absolute Gasteiger partial charge is 0.323 e. The van der Waals surface area contributed by atoms with Crippen LogP contribution in [0.2, 0.25) is 0 Å². The second-order valence-electron chi connectivity index (χ2n) is 5.54. The lowest BCUT2D eigenvalue weighted by molar-refractivity contribution is -0.144. The zero-order chi connectivity index (χ0) is 14.4. The zero-order valence-corrected chi connectivity index (χ0v) is 12.5. The highest BCUT2D eigenvalue weighted by molar-refractivity contribution is 5.76. The van der Waals surface area contributed by atoms with Crippen LogP contribution in [0.4, 0.5) is 0 Å².